The van der Waals surface area contributed by atoms with Gasteiger partial charge in [-0.2, -0.15) is 0 Å². The second kappa shape index (κ2) is 12.2. The molecule has 1 saturated heterocycles. The molecular formula is C31H23Cl2N3O6S2. The number of amides is 3. The van der Waals surface area contributed by atoms with Gasteiger partial charge in [0.1, 0.15) is 11.8 Å². The molecule has 0 aliphatic carbocycles. The van der Waals surface area contributed by atoms with E-state index in [0.29, 0.717) is 42.5 Å². The lowest BCUT2D eigenvalue weighted by molar-refractivity contribution is -0.122. The Hall–Kier alpha value is -3.90. The molecule has 3 heterocycles. The Labute approximate surface area is 269 Å². The zero-order valence-electron chi connectivity index (χ0n) is 23.0. The number of hydrogen-bond acceptors (Lipinski definition) is 8. The first-order chi connectivity index (χ1) is 21.2. The third-order valence-electron chi connectivity index (χ3n) is 7.34. The van der Waals surface area contributed by atoms with Crippen LogP contribution in [0.2, 0.25) is 10.0 Å². The maximum absolute atomic E-state index is 14.0. The summed E-state index contributed by atoms with van der Waals surface area (Å²) >= 11 is 14.2. The van der Waals surface area contributed by atoms with E-state index in [2.05, 4.69) is 5.32 Å². The van der Waals surface area contributed by atoms with Crippen LogP contribution < -0.4 is 15.1 Å². The standard InChI is InChI=1S/C31H23Cl2N3O6S2/c1-2-42-30(40)17-5-13-21(14-6-17)36-27(38)24-23(16-3-7-18(32)8-4-16)26-29(43-25(24)28(36)39)35(31(41)44-26)15-22(37)34-20-11-9-19(33)10-12-20/h3-14,23-25H,2,15H2,1H3,(H,34,37)/t23-,24?,25?/m1/s1. The molecule has 0 spiro atoms. The molecule has 3 aromatic carbocycles. The van der Waals surface area contributed by atoms with Gasteiger partial charge >= 0.3 is 10.8 Å². The minimum Gasteiger partial charge on any atom is -0.462 e. The lowest BCUT2D eigenvalue weighted by Crippen LogP contribution is -2.33. The van der Waals surface area contributed by atoms with Crippen LogP contribution in [0.1, 0.15) is 33.6 Å². The summed E-state index contributed by atoms with van der Waals surface area (Å²) in [5, 5.41) is 3.38. The van der Waals surface area contributed by atoms with E-state index in [0.717, 1.165) is 28.0 Å². The number of rotatable bonds is 7. The second-order valence-corrected chi connectivity index (χ2v) is 13.0. The van der Waals surface area contributed by atoms with Gasteiger partial charge in [-0.05, 0) is 73.2 Å². The van der Waals surface area contributed by atoms with Gasteiger partial charge in [0.25, 0.3) is 0 Å². The molecule has 2 aliphatic heterocycles. The molecule has 3 amide bonds. The van der Waals surface area contributed by atoms with Crippen LogP contribution in [0.3, 0.4) is 0 Å². The van der Waals surface area contributed by atoms with E-state index < -0.39 is 40.8 Å². The normalized spacial score (nSPS) is 19.0. The SMILES string of the molecule is CCOC(=O)c1ccc(N2C(=O)C3Sc4c(sc(=O)n4CC(=O)Nc4ccc(Cl)cc4)[C@H](c4ccc(Cl)cc4)C3C2=O)cc1. The fourth-order valence-electron chi connectivity index (χ4n) is 5.38. The van der Waals surface area contributed by atoms with Gasteiger partial charge in [-0.25, -0.2) is 9.69 Å². The largest absolute Gasteiger partial charge is 0.462 e. The van der Waals surface area contributed by atoms with Crippen LogP contribution in [-0.4, -0.2) is 40.1 Å². The van der Waals surface area contributed by atoms with E-state index in [1.807, 2.05) is 0 Å². The van der Waals surface area contributed by atoms with E-state index in [4.69, 9.17) is 27.9 Å². The van der Waals surface area contributed by atoms with Gasteiger partial charge in [0, 0.05) is 26.5 Å². The molecule has 3 atom stereocenters. The molecule has 224 valence electrons. The average molecular weight is 669 g/mol. The molecule has 1 N–H and O–H groups in total. The van der Waals surface area contributed by atoms with E-state index in [9.17, 15) is 24.0 Å². The molecule has 2 aliphatic rings. The molecule has 4 aromatic rings. The number of carbonyl (C=O) groups is 4. The Balaban J connectivity index is 1.36. The number of nitrogens with zero attached hydrogens (tertiary/aromatic N) is 2. The van der Waals surface area contributed by atoms with Crippen LogP contribution in [0.15, 0.2) is 82.6 Å². The van der Waals surface area contributed by atoms with Crippen molar-refractivity contribution in [1.29, 1.82) is 0 Å². The highest BCUT2D eigenvalue weighted by Gasteiger charge is 2.56. The summed E-state index contributed by atoms with van der Waals surface area (Å²) in [5.41, 5.74) is 1.85. The van der Waals surface area contributed by atoms with Crippen molar-refractivity contribution in [1.82, 2.24) is 4.57 Å². The molecule has 0 saturated carbocycles. The molecule has 0 radical (unpaired) electrons. The zero-order valence-corrected chi connectivity index (χ0v) is 26.1. The molecule has 6 rings (SSSR count). The summed E-state index contributed by atoms with van der Waals surface area (Å²) < 4.78 is 6.39. The number of carbonyl (C=O) groups excluding carboxylic acids is 4. The highest BCUT2D eigenvalue weighted by molar-refractivity contribution is 8.00. The van der Waals surface area contributed by atoms with E-state index in [-0.39, 0.29) is 18.0 Å². The third kappa shape index (κ3) is 5.56. The molecule has 9 nitrogen and oxygen atoms in total. The number of ether oxygens (including phenoxy) is 1. The summed E-state index contributed by atoms with van der Waals surface area (Å²) in [6.07, 6.45) is 0. The molecule has 13 heteroatoms. The number of imide groups is 1. The molecule has 1 fully saturated rings. The summed E-state index contributed by atoms with van der Waals surface area (Å²) in [6, 6.07) is 19.6. The maximum atomic E-state index is 14.0. The fraction of sp³-hybridized carbons (Fsp3) is 0.194. The highest BCUT2D eigenvalue weighted by Crippen LogP contribution is 2.54. The average Bonchev–Trinajstić information content (AvgIpc) is 3.45. The van der Waals surface area contributed by atoms with Crippen molar-refractivity contribution < 1.29 is 23.9 Å². The summed E-state index contributed by atoms with van der Waals surface area (Å²) in [6.45, 7) is 1.63. The zero-order chi connectivity index (χ0) is 31.1. The molecule has 44 heavy (non-hydrogen) atoms. The fourth-order valence-corrected chi connectivity index (χ4v) is 8.40. The van der Waals surface area contributed by atoms with Gasteiger partial charge in [0.15, 0.2) is 0 Å². The Kier molecular flexibility index (Phi) is 8.38. The number of thiazole rings is 1. The lowest BCUT2D eigenvalue weighted by Gasteiger charge is -2.30. The third-order valence-corrected chi connectivity index (χ3v) is 10.5. The number of hydrogen-bond donors (Lipinski definition) is 1. The number of thioether (sulfide) groups is 1. The van der Waals surface area contributed by atoms with Gasteiger partial charge in [0.05, 0.1) is 28.8 Å². The number of nitrogens with one attached hydrogen (secondary N) is 1. The Morgan fingerprint density at radius 3 is 2.16 bits per heavy atom. The van der Waals surface area contributed by atoms with Gasteiger partial charge < -0.3 is 10.1 Å². The summed E-state index contributed by atoms with van der Waals surface area (Å²) in [5.74, 6) is -3.26. The van der Waals surface area contributed by atoms with Crippen LogP contribution in [0, 0.1) is 5.92 Å². The quantitative estimate of drug-likeness (QED) is 0.195. The first-order valence-electron chi connectivity index (χ1n) is 13.5. The molecule has 2 unspecified atom stereocenters. The molecule has 0 bridgehead atoms. The minimum atomic E-state index is -0.861. The first-order valence-corrected chi connectivity index (χ1v) is 16.0. The van der Waals surface area contributed by atoms with Gasteiger partial charge in [0.2, 0.25) is 17.7 Å². The Morgan fingerprint density at radius 1 is 0.886 bits per heavy atom. The smallest absolute Gasteiger partial charge is 0.338 e. The summed E-state index contributed by atoms with van der Waals surface area (Å²) in [7, 11) is 0. The second-order valence-electron chi connectivity index (χ2n) is 10.1. The predicted molar refractivity (Wildman–Crippen MR) is 170 cm³/mol. The summed E-state index contributed by atoms with van der Waals surface area (Å²) in [4.78, 5) is 67.8. The van der Waals surface area contributed by atoms with Crippen molar-refractivity contribution in [3.8, 4) is 0 Å². The number of halogens is 2. The monoisotopic (exact) mass is 667 g/mol. The Morgan fingerprint density at radius 2 is 1.52 bits per heavy atom. The van der Waals surface area contributed by atoms with Gasteiger partial charge in [-0.1, -0.05) is 58.4 Å². The van der Waals surface area contributed by atoms with Gasteiger partial charge in [-0.3, -0.25) is 23.7 Å². The van der Waals surface area contributed by atoms with Crippen molar-refractivity contribution in [3.63, 3.8) is 0 Å². The Bertz CT molecular complexity index is 1840. The van der Waals surface area contributed by atoms with Crippen molar-refractivity contribution in [3.05, 3.63) is 109 Å². The lowest BCUT2D eigenvalue weighted by atomic mass is 9.83. The predicted octanol–water partition coefficient (Wildman–Crippen LogP) is 5.83. The van der Waals surface area contributed by atoms with Crippen LogP contribution in [0.5, 0.6) is 0 Å². The minimum absolute atomic E-state index is 0.217. The van der Waals surface area contributed by atoms with Crippen molar-refractivity contribution >= 4 is 81.4 Å². The van der Waals surface area contributed by atoms with Crippen molar-refractivity contribution in [2.75, 3.05) is 16.8 Å². The highest BCUT2D eigenvalue weighted by atomic mass is 35.5. The van der Waals surface area contributed by atoms with E-state index in [1.165, 1.54) is 28.8 Å². The molecule has 1 aromatic heterocycles. The van der Waals surface area contributed by atoms with Crippen LogP contribution in [0.4, 0.5) is 11.4 Å². The van der Waals surface area contributed by atoms with E-state index in [1.54, 1.807) is 55.5 Å². The number of esters is 1. The molecular weight excluding hydrogens is 645 g/mol. The van der Waals surface area contributed by atoms with Crippen LogP contribution in [0.25, 0.3) is 0 Å². The number of benzene rings is 3. The first kappa shape index (κ1) is 30.1. The topological polar surface area (TPSA) is 115 Å². The van der Waals surface area contributed by atoms with Crippen LogP contribution in [-0.2, 0) is 25.7 Å². The van der Waals surface area contributed by atoms with Crippen molar-refractivity contribution in [2.45, 2.75) is 29.7 Å². The number of fused-ring (bicyclic) bond motifs is 2. The van der Waals surface area contributed by atoms with Crippen LogP contribution >= 0.6 is 46.3 Å². The van der Waals surface area contributed by atoms with Crippen molar-refractivity contribution in [2.24, 2.45) is 5.92 Å². The van der Waals surface area contributed by atoms with E-state index >= 15 is 0 Å². The number of anilines is 2. The van der Waals surface area contributed by atoms with Gasteiger partial charge in [-0.15, -0.1) is 0 Å². The maximum Gasteiger partial charge on any atom is 0.338 e. The number of aromatic nitrogens is 1.